The van der Waals surface area contributed by atoms with Crippen LogP contribution in [0.25, 0.3) is 11.3 Å². The topological polar surface area (TPSA) is 65.7 Å². The number of benzene rings is 2. The maximum Gasteiger partial charge on any atom is 0.220 e. The first-order chi connectivity index (χ1) is 15.2. The summed E-state index contributed by atoms with van der Waals surface area (Å²) in [6.07, 6.45) is 2.56. The third-order valence-corrected chi connectivity index (χ3v) is 5.79. The molecule has 4 rings (SSSR count). The lowest BCUT2D eigenvalue weighted by Crippen LogP contribution is -2.35. The van der Waals surface area contributed by atoms with E-state index in [1.165, 1.54) is 5.56 Å². The largest absolute Gasteiger partial charge is 0.461 e. The number of hydrogen-bond donors (Lipinski definition) is 2. The van der Waals surface area contributed by atoms with Crippen LogP contribution in [-0.2, 0) is 24.3 Å². The molecule has 0 unspecified atom stereocenters. The number of rotatable bonds is 8. The SMILES string of the molecule is O=C(CCc1ccc(-c2ccccc2)o1)NCc1ccc(CN2CCC(O)CC2)cc1. The second-order valence-electron chi connectivity index (χ2n) is 8.23. The summed E-state index contributed by atoms with van der Waals surface area (Å²) >= 11 is 0. The van der Waals surface area contributed by atoms with Gasteiger partial charge in [0.2, 0.25) is 5.91 Å². The lowest BCUT2D eigenvalue weighted by atomic mass is 10.1. The molecule has 1 aliphatic rings. The Kier molecular flexibility index (Phi) is 7.18. The minimum Gasteiger partial charge on any atom is -0.461 e. The second-order valence-corrected chi connectivity index (χ2v) is 8.23. The number of hydrogen-bond acceptors (Lipinski definition) is 4. The van der Waals surface area contributed by atoms with E-state index in [1.807, 2.05) is 42.5 Å². The van der Waals surface area contributed by atoms with Crippen molar-refractivity contribution in [3.05, 3.63) is 83.6 Å². The van der Waals surface area contributed by atoms with Gasteiger partial charge in [0.1, 0.15) is 11.5 Å². The summed E-state index contributed by atoms with van der Waals surface area (Å²) in [7, 11) is 0. The molecule has 3 aromatic rings. The summed E-state index contributed by atoms with van der Waals surface area (Å²) < 4.78 is 5.87. The first-order valence-corrected chi connectivity index (χ1v) is 11.0. The maximum atomic E-state index is 12.2. The molecule has 162 valence electrons. The number of aliphatic hydroxyl groups is 1. The Morgan fingerprint density at radius 3 is 2.42 bits per heavy atom. The van der Waals surface area contributed by atoms with Gasteiger partial charge in [0.25, 0.3) is 0 Å². The van der Waals surface area contributed by atoms with E-state index in [9.17, 15) is 9.90 Å². The normalized spacial score (nSPS) is 15.1. The first kappa shape index (κ1) is 21.3. The van der Waals surface area contributed by atoms with Gasteiger partial charge in [-0.25, -0.2) is 0 Å². The molecule has 1 amide bonds. The standard InChI is InChI=1S/C26H30N2O3/c29-23-14-16-28(17-15-23)19-21-8-6-20(7-9-21)18-27-26(30)13-11-24-10-12-25(31-24)22-4-2-1-3-5-22/h1-10,12,23,29H,11,13-19H2,(H,27,30). The summed E-state index contributed by atoms with van der Waals surface area (Å²) in [5, 5.41) is 12.6. The van der Waals surface area contributed by atoms with E-state index in [0.717, 1.165) is 55.1 Å². The average Bonchev–Trinajstić information content (AvgIpc) is 3.28. The van der Waals surface area contributed by atoms with E-state index in [1.54, 1.807) is 0 Å². The molecule has 1 aromatic heterocycles. The summed E-state index contributed by atoms with van der Waals surface area (Å²) in [4.78, 5) is 14.6. The van der Waals surface area contributed by atoms with Gasteiger partial charge in [-0.1, -0.05) is 54.6 Å². The molecule has 5 nitrogen and oxygen atoms in total. The number of amides is 1. The van der Waals surface area contributed by atoms with E-state index in [4.69, 9.17) is 4.42 Å². The Labute approximate surface area is 183 Å². The highest BCUT2D eigenvalue weighted by molar-refractivity contribution is 5.76. The number of aliphatic hydroxyl groups excluding tert-OH is 1. The molecule has 0 atom stereocenters. The van der Waals surface area contributed by atoms with E-state index >= 15 is 0 Å². The van der Waals surface area contributed by atoms with Crippen LogP contribution in [0.4, 0.5) is 0 Å². The van der Waals surface area contributed by atoms with Crippen LogP contribution in [-0.4, -0.2) is 35.1 Å². The molecular weight excluding hydrogens is 388 g/mol. The Hall–Kier alpha value is -2.89. The predicted octanol–water partition coefficient (Wildman–Crippen LogP) is 4.15. The van der Waals surface area contributed by atoms with Crippen molar-refractivity contribution in [3.63, 3.8) is 0 Å². The molecule has 0 bridgehead atoms. The molecule has 0 saturated carbocycles. The van der Waals surface area contributed by atoms with Crippen molar-refractivity contribution in [1.82, 2.24) is 10.2 Å². The van der Waals surface area contributed by atoms with Gasteiger partial charge in [-0.2, -0.15) is 0 Å². The minimum absolute atomic E-state index is 0.0219. The number of nitrogens with one attached hydrogen (secondary N) is 1. The van der Waals surface area contributed by atoms with E-state index in [2.05, 4.69) is 34.5 Å². The molecule has 1 saturated heterocycles. The second kappa shape index (κ2) is 10.4. The van der Waals surface area contributed by atoms with Crippen LogP contribution >= 0.6 is 0 Å². The number of furan rings is 1. The highest BCUT2D eigenvalue weighted by Crippen LogP contribution is 2.22. The third-order valence-electron chi connectivity index (χ3n) is 5.79. The maximum absolute atomic E-state index is 12.2. The van der Waals surface area contributed by atoms with Crippen molar-refractivity contribution >= 4 is 5.91 Å². The highest BCUT2D eigenvalue weighted by atomic mass is 16.3. The van der Waals surface area contributed by atoms with Crippen molar-refractivity contribution in [2.75, 3.05) is 13.1 Å². The number of carbonyl (C=O) groups is 1. The summed E-state index contributed by atoms with van der Waals surface area (Å²) in [5.41, 5.74) is 3.40. The van der Waals surface area contributed by atoms with Crippen LogP contribution in [0.1, 0.15) is 36.1 Å². The number of piperidine rings is 1. The van der Waals surface area contributed by atoms with Crippen LogP contribution in [0.5, 0.6) is 0 Å². The van der Waals surface area contributed by atoms with E-state index in [-0.39, 0.29) is 12.0 Å². The van der Waals surface area contributed by atoms with Crippen LogP contribution in [0, 0.1) is 0 Å². The van der Waals surface area contributed by atoms with Gasteiger partial charge in [0.15, 0.2) is 0 Å². The Morgan fingerprint density at radius 2 is 1.68 bits per heavy atom. The molecule has 1 fully saturated rings. The molecule has 2 N–H and O–H groups in total. The van der Waals surface area contributed by atoms with Crippen LogP contribution < -0.4 is 5.32 Å². The number of aryl methyl sites for hydroxylation is 1. The smallest absolute Gasteiger partial charge is 0.220 e. The molecule has 2 heterocycles. The van der Waals surface area contributed by atoms with Crippen LogP contribution in [0.2, 0.25) is 0 Å². The lowest BCUT2D eigenvalue weighted by Gasteiger charge is -2.29. The molecule has 5 heteroatoms. The Morgan fingerprint density at radius 1 is 0.968 bits per heavy atom. The Bertz CT molecular complexity index is 958. The molecule has 31 heavy (non-hydrogen) atoms. The van der Waals surface area contributed by atoms with Crippen LogP contribution in [0.15, 0.2) is 71.1 Å². The van der Waals surface area contributed by atoms with Crippen molar-refractivity contribution in [2.24, 2.45) is 0 Å². The van der Waals surface area contributed by atoms with Crippen molar-refractivity contribution in [3.8, 4) is 11.3 Å². The zero-order chi connectivity index (χ0) is 21.5. The van der Waals surface area contributed by atoms with Crippen molar-refractivity contribution in [2.45, 2.75) is 44.9 Å². The minimum atomic E-state index is -0.138. The van der Waals surface area contributed by atoms with Gasteiger partial charge in [-0.15, -0.1) is 0 Å². The molecular formula is C26H30N2O3. The van der Waals surface area contributed by atoms with E-state index in [0.29, 0.717) is 19.4 Å². The molecule has 2 aromatic carbocycles. The summed E-state index contributed by atoms with van der Waals surface area (Å²) in [6, 6.07) is 22.3. The molecule has 0 radical (unpaired) electrons. The number of carbonyl (C=O) groups excluding carboxylic acids is 1. The van der Waals surface area contributed by atoms with Gasteiger partial charge in [-0.3, -0.25) is 9.69 Å². The predicted molar refractivity (Wildman–Crippen MR) is 121 cm³/mol. The highest BCUT2D eigenvalue weighted by Gasteiger charge is 2.16. The fraction of sp³-hybridized carbons (Fsp3) is 0.346. The van der Waals surface area contributed by atoms with Crippen molar-refractivity contribution < 1.29 is 14.3 Å². The zero-order valence-electron chi connectivity index (χ0n) is 17.8. The number of likely N-dealkylation sites (tertiary alicyclic amines) is 1. The third kappa shape index (κ3) is 6.29. The Balaban J connectivity index is 1.19. The van der Waals surface area contributed by atoms with Gasteiger partial charge >= 0.3 is 0 Å². The quantitative estimate of drug-likeness (QED) is 0.577. The van der Waals surface area contributed by atoms with Crippen LogP contribution in [0.3, 0.4) is 0 Å². The monoisotopic (exact) mass is 418 g/mol. The molecule has 1 aliphatic heterocycles. The lowest BCUT2D eigenvalue weighted by molar-refractivity contribution is -0.121. The fourth-order valence-corrected chi connectivity index (χ4v) is 3.89. The molecule has 0 aliphatic carbocycles. The molecule has 0 spiro atoms. The van der Waals surface area contributed by atoms with Gasteiger partial charge in [0, 0.05) is 44.6 Å². The number of nitrogens with zero attached hydrogens (tertiary/aromatic N) is 1. The van der Waals surface area contributed by atoms with E-state index < -0.39 is 0 Å². The first-order valence-electron chi connectivity index (χ1n) is 11.0. The summed E-state index contributed by atoms with van der Waals surface area (Å²) in [5.74, 6) is 1.68. The summed E-state index contributed by atoms with van der Waals surface area (Å²) in [6.45, 7) is 3.33. The zero-order valence-corrected chi connectivity index (χ0v) is 17.8. The fourth-order valence-electron chi connectivity index (χ4n) is 3.89. The van der Waals surface area contributed by atoms with Gasteiger partial charge in [-0.05, 0) is 36.1 Å². The average molecular weight is 419 g/mol. The van der Waals surface area contributed by atoms with Gasteiger partial charge < -0.3 is 14.8 Å². The van der Waals surface area contributed by atoms with Gasteiger partial charge in [0.05, 0.1) is 6.10 Å². The van der Waals surface area contributed by atoms with Crippen molar-refractivity contribution in [1.29, 1.82) is 0 Å².